The molecule has 1 aromatic rings. The number of carbonyl (C=O) groups is 1. The van der Waals surface area contributed by atoms with Crippen molar-refractivity contribution in [1.82, 2.24) is 0 Å². The van der Waals surface area contributed by atoms with Gasteiger partial charge in [-0.1, -0.05) is 44.4 Å². The lowest BCUT2D eigenvalue weighted by atomic mass is 10.0. The quantitative estimate of drug-likeness (QED) is 0.710. The molecular formula is C15H21NO. The summed E-state index contributed by atoms with van der Waals surface area (Å²) in [5.41, 5.74) is 2.46. The fourth-order valence-corrected chi connectivity index (χ4v) is 2.44. The summed E-state index contributed by atoms with van der Waals surface area (Å²) in [4.78, 5) is 13.9. The third kappa shape index (κ3) is 2.87. The second-order valence-electron chi connectivity index (χ2n) is 4.73. The van der Waals surface area contributed by atoms with E-state index in [1.54, 1.807) is 0 Å². The number of nitrogens with zero attached hydrogens (tertiary/aromatic N) is 1. The van der Waals surface area contributed by atoms with Crippen LogP contribution < -0.4 is 4.90 Å². The first-order valence-electron chi connectivity index (χ1n) is 6.71. The molecule has 1 amide bonds. The highest BCUT2D eigenvalue weighted by atomic mass is 16.2. The van der Waals surface area contributed by atoms with Gasteiger partial charge in [-0.25, -0.2) is 0 Å². The maximum absolute atomic E-state index is 11.9. The van der Waals surface area contributed by atoms with Gasteiger partial charge in [-0.2, -0.15) is 0 Å². The average Bonchev–Trinajstić information content (AvgIpc) is 2.37. The zero-order valence-electron chi connectivity index (χ0n) is 10.6. The van der Waals surface area contributed by atoms with Crippen molar-refractivity contribution in [2.45, 2.75) is 45.4 Å². The van der Waals surface area contributed by atoms with Gasteiger partial charge in [0.15, 0.2) is 0 Å². The first-order chi connectivity index (χ1) is 8.33. The third-order valence-electron chi connectivity index (χ3n) is 3.43. The van der Waals surface area contributed by atoms with Gasteiger partial charge in [0.1, 0.15) is 0 Å². The molecule has 1 heterocycles. The summed E-state index contributed by atoms with van der Waals surface area (Å²) < 4.78 is 0. The molecular weight excluding hydrogens is 210 g/mol. The van der Waals surface area contributed by atoms with E-state index in [0.717, 1.165) is 25.1 Å². The topological polar surface area (TPSA) is 20.3 Å². The van der Waals surface area contributed by atoms with Crippen molar-refractivity contribution < 1.29 is 4.79 Å². The van der Waals surface area contributed by atoms with Crippen molar-refractivity contribution in [3.8, 4) is 0 Å². The van der Waals surface area contributed by atoms with Crippen molar-refractivity contribution in [2.75, 3.05) is 11.4 Å². The Morgan fingerprint density at radius 2 is 1.94 bits per heavy atom. The normalized spacial score (nSPS) is 14.9. The summed E-state index contributed by atoms with van der Waals surface area (Å²) in [6, 6.07) is 8.30. The predicted molar refractivity (Wildman–Crippen MR) is 71.3 cm³/mol. The minimum Gasteiger partial charge on any atom is -0.312 e. The Bertz CT molecular complexity index is 386. The highest BCUT2D eigenvalue weighted by Gasteiger charge is 2.22. The summed E-state index contributed by atoms with van der Waals surface area (Å²) >= 11 is 0. The summed E-state index contributed by atoms with van der Waals surface area (Å²) in [5, 5.41) is 0. The summed E-state index contributed by atoms with van der Waals surface area (Å²) in [7, 11) is 0. The van der Waals surface area contributed by atoms with E-state index in [4.69, 9.17) is 0 Å². The van der Waals surface area contributed by atoms with Crippen LogP contribution in [0.1, 0.15) is 44.6 Å². The minimum atomic E-state index is 0.292. The lowest BCUT2D eigenvalue weighted by Crippen LogP contribution is -2.35. The van der Waals surface area contributed by atoms with Crippen LogP contribution in [0.3, 0.4) is 0 Å². The number of fused-ring (bicyclic) bond motifs is 1. The molecule has 2 nitrogen and oxygen atoms in total. The van der Waals surface area contributed by atoms with Crippen molar-refractivity contribution in [3.05, 3.63) is 29.8 Å². The molecule has 92 valence electrons. The van der Waals surface area contributed by atoms with E-state index < -0.39 is 0 Å². The Hall–Kier alpha value is -1.31. The number of carbonyl (C=O) groups excluding carboxylic acids is 1. The Balaban J connectivity index is 2.02. The van der Waals surface area contributed by atoms with Crippen molar-refractivity contribution in [2.24, 2.45) is 0 Å². The Morgan fingerprint density at radius 1 is 1.12 bits per heavy atom. The van der Waals surface area contributed by atoms with Gasteiger partial charge in [0, 0.05) is 18.7 Å². The molecule has 0 radical (unpaired) electrons. The van der Waals surface area contributed by atoms with E-state index in [2.05, 4.69) is 25.1 Å². The molecule has 1 aliphatic rings. The largest absolute Gasteiger partial charge is 0.312 e. The fourth-order valence-electron chi connectivity index (χ4n) is 2.44. The number of benzene rings is 1. The number of hydrogen-bond acceptors (Lipinski definition) is 1. The molecule has 0 spiro atoms. The first kappa shape index (κ1) is 12.2. The van der Waals surface area contributed by atoms with Gasteiger partial charge in [0.25, 0.3) is 0 Å². The molecule has 17 heavy (non-hydrogen) atoms. The zero-order valence-corrected chi connectivity index (χ0v) is 10.6. The van der Waals surface area contributed by atoms with Gasteiger partial charge in [-0.05, 0) is 24.5 Å². The molecule has 1 aromatic carbocycles. The molecule has 0 saturated carbocycles. The number of anilines is 1. The van der Waals surface area contributed by atoms with Gasteiger partial charge in [0.05, 0.1) is 0 Å². The van der Waals surface area contributed by atoms with Crippen LogP contribution in [-0.2, 0) is 11.2 Å². The van der Waals surface area contributed by atoms with Crippen LogP contribution in [0.25, 0.3) is 0 Å². The highest BCUT2D eigenvalue weighted by molar-refractivity contribution is 5.96. The monoisotopic (exact) mass is 231 g/mol. The molecule has 0 bridgehead atoms. The molecule has 0 unspecified atom stereocenters. The number of rotatable bonds is 5. The van der Waals surface area contributed by atoms with Gasteiger partial charge in [-0.15, -0.1) is 0 Å². The molecule has 0 fully saturated rings. The van der Waals surface area contributed by atoms with E-state index in [9.17, 15) is 4.79 Å². The first-order valence-corrected chi connectivity index (χ1v) is 6.71. The smallest absolute Gasteiger partial charge is 0.227 e. The number of para-hydroxylation sites is 1. The van der Waals surface area contributed by atoms with E-state index in [-0.39, 0.29) is 0 Å². The van der Waals surface area contributed by atoms with E-state index >= 15 is 0 Å². The number of unbranched alkanes of at least 4 members (excludes halogenated alkanes) is 3. The van der Waals surface area contributed by atoms with Crippen molar-refractivity contribution >= 4 is 11.6 Å². The molecule has 0 aliphatic carbocycles. The highest BCUT2D eigenvalue weighted by Crippen LogP contribution is 2.27. The van der Waals surface area contributed by atoms with Crippen LogP contribution in [0.5, 0.6) is 0 Å². The maximum atomic E-state index is 11.9. The van der Waals surface area contributed by atoms with Crippen LogP contribution in [0, 0.1) is 0 Å². The number of aryl methyl sites for hydroxylation is 1. The average molecular weight is 231 g/mol. The second-order valence-corrected chi connectivity index (χ2v) is 4.73. The standard InChI is InChI=1S/C15H21NO/c1-2-3-4-7-12-16-14-9-6-5-8-13(14)10-11-15(16)17/h5-6,8-9H,2-4,7,10-12H2,1H3. The second kappa shape index (κ2) is 5.85. The van der Waals surface area contributed by atoms with Crippen LogP contribution in [-0.4, -0.2) is 12.5 Å². The molecule has 0 aromatic heterocycles. The van der Waals surface area contributed by atoms with Crippen LogP contribution in [0.2, 0.25) is 0 Å². The van der Waals surface area contributed by atoms with Gasteiger partial charge >= 0.3 is 0 Å². The molecule has 1 aliphatic heterocycles. The maximum Gasteiger partial charge on any atom is 0.227 e. The summed E-state index contributed by atoms with van der Waals surface area (Å²) in [6.07, 6.45) is 6.43. The van der Waals surface area contributed by atoms with Gasteiger partial charge < -0.3 is 4.90 Å². The SMILES string of the molecule is CCCCCCN1C(=O)CCc2ccccc21. The Labute approximate surface area is 104 Å². The Morgan fingerprint density at radius 3 is 2.76 bits per heavy atom. The molecule has 2 rings (SSSR count). The predicted octanol–water partition coefficient (Wildman–Crippen LogP) is 3.55. The van der Waals surface area contributed by atoms with E-state index in [1.165, 1.54) is 24.8 Å². The third-order valence-corrected chi connectivity index (χ3v) is 3.43. The molecule has 0 saturated heterocycles. The Kier molecular flexibility index (Phi) is 4.18. The van der Waals surface area contributed by atoms with Crippen LogP contribution >= 0.6 is 0 Å². The fraction of sp³-hybridized carbons (Fsp3) is 0.533. The zero-order chi connectivity index (χ0) is 12.1. The van der Waals surface area contributed by atoms with Gasteiger partial charge in [-0.3, -0.25) is 4.79 Å². The van der Waals surface area contributed by atoms with Crippen LogP contribution in [0.4, 0.5) is 5.69 Å². The summed E-state index contributed by atoms with van der Waals surface area (Å²) in [5.74, 6) is 0.292. The molecule has 2 heteroatoms. The van der Waals surface area contributed by atoms with Gasteiger partial charge in [0.2, 0.25) is 5.91 Å². The van der Waals surface area contributed by atoms with Crippen molar-refractivity contribution in [3.63, 3.8) is 0 Å². The lowest BCUT2D eigenvalue weighted by Gasteiger charge is -2.29. The molecule has 0 atom stereocenters. The lowest BCUT2D eigenvalue weighted by molar-refractivity contribution is -0.118. The van der Waals surface area contributed by atoms with E-state index in [1.807, 2.05) is 11.0 Å². The van der Waals surface area contributed by atoms with Crippen molar-refractivity contribution in [1.29, 1.82) is 0 Å². The number of amides is 1. The summed E-state index contributed by atoms with van der Waals surface area (Å²) in [6.45, 7) is 3.09. The number of hydrogen-bond donors (Lipinski definition) is 0. The van der Waals surface area contributed by atoms with E-state index in [0.29, 0.717) is 12.3 Å². The van der Waals surface area contributed by atoms with Crippen LogP contribution in [0.15, 0.2) is 24.3 Å². The molecule has 0 N–H and O–H groups in total. The minimum absolute atomic E-state index is 0.292.